The molecule has 0 aliphatic carbocycles. The average Bonchev–Trinajstić information content (AvgIpc) is 2.76. The zero-order valence-electron chi connectivity index (χ0n) is 20.9. The molecule has 10 heteroatoms. The lowest BCUT2D eigenvalue weighted by molar-refractivity contribution is -0.143. The van der Waals surface area contributed by atoms with Crippen molar-refractivity contribution in [1.82, 2.24) is 15.5 Å². The second-order valence-electron chi connectivity index (χ2n) is 8.59. The van der Waals surface area contributed by atoms with E-state index in [0.29, 0.717) is 17.7 Å². The predicted octanol–water partition coefficient (Wildman–Crippen LogP) is 2.90. The summed E-state index contributed by atoms with van der Waals surface area (Å²) >= 11 is 1.54. The zero-order chi connectivity index (χ0) is 25.7. The summed E-state index contributed by atoms with van der Waals surface area (Å²) in [5.74, 6) is -0.648. The minimum atomic E-state index is -0.951. The number of thioether (sulfide) groups is 1. The van der Waals surface area contributed by atoms with Crippen LogP contribution in [0.25, 0.3) is 0 Å². The van der Waals surface area contributed by atoms with Crippen LogP contribution in [0, 0.1) is 0 Å². The minimum absolute atomic E-state index is 0.0231. The Morgan fingerprint density at radius 1 is 1.12 bits per heavy atom. The third kappa shape index (κ3) is 10.5. The molecule has 0 heterocycles. The second kappa shape index (κ2) is 14.5. The lowest BCUT2D eigenvalue weighted by Gasteiger charge is -2.31. The zero-order valence-corrected chi connectivity index (χ0v) is 21.7. The van der Waals surface area contributed by atoms with Crippen LogP contribution in [0.2, 0.25) is 0 Å². The highest BCUT2D eigenvalue weighted by molar-refractivity contribution is 7.98. The van der Waals surface area contributed by atoms with Gasteiger partial charge < -0.3 is 25.0 Å². The summed E-state index contributed by atoms with van der Waals surface area (Å²) < 4.78 is 10.2. The lowest BCUT2D eigenvalue weighted by atomic mass is 10.0. The highest BCUT2D eigenvalue weighted by Crippen LogP contribution is 2.21. The van der Waals surface area contributed by atoms with Gasteiger partial charge in [0.25, 0.3) is 0 Å². The highest BCUT2D eigenvalue weighted by Gasteiger charge is 2.33. The van der Waals surface area contributed by atoms with Gasteiger partial charge in [-0.15, -0.1) is 0 Å². The first-order valence-electron chi connectivity index (χ1n) is 11.2. The van der Waals surface area contributed by atoms with Crippen molar-refractivity contribution in [3.05, 3.63) is 35.9 Å². The molecule has 3 amide bonds. The molecule has 0 fully saturated rings. The number of carbonyl (C=O) groups excluding carboxylic acids is 4. The van der Waals surface area contributed by atoms with Crippen LogP contribution in [0.15, 0.2) is 30.3 Å². The number of rotatable bonds is 12. The number of hydrogen-bond donors (Lipinski definition) is 2. The van der Waals surface area contributed by atoms with Gasteiger partial charge in [0.2, 0.25) is 11.8 Å². The summed E-state index contributed by atoms with van der Waals surface area (Å²) in [6.45, 7) is 7.27. The smallest absolute Gasteiger partial charge is 0.408 e. The molecule has 9 nitrogen and oxygen atoms in total. The highest BCUT2D eigenvalue weighted by atomic mass is 32.2. The predicted molar refractivity (Wildman–Crippen MR) is 132 cm³/mol. The molecule has 0 spiro atoms. The fourth-order valence-electron chi connectivity index (χ4n) is 3.12. The van der Waals surface area contributed by atoms with Crippen molar-refractivity contribution in [2.45, 2.75) is 58.2 Å². The van der Waals surface area contributed by atoms with Crippen LogP contribution in [-0.4, -0.2) is 72.6 Å². The summed E-state index contributed by atoms with van der Waals surface area (Å²) in [5, 5.41) is 5.36. The normalized spacial score (nSPS) is 12.8. The molecule has 1 aromatic rings. The van der Waals surface area contributed by atoms with Crippen molar-refractivity contribution in [2.75, 3.05) is 32.2 Å². The first-order valence-corrected chi connectivity index (χ1v) is 12.6. The Morgan fingerprint density at radius 2 is 1.76 bits per heavy atom. The fraction of sp³-hybridized carbons (Fsp3) is 0.583. The molecule has 2 atom stereocenters. The number of hydrogen-bond acceptors (Lipinski definition) is 7. The maximum Gasteiger partial charge on any atom is 0.408 e. The topological polar surface area (TPSA) is 114 Å². The molecule has 2 N–H and O–H groups in total. The largest absolute Gasteiger partial charge is 0.466 e. The monoisotopic (exact) mass is 495 g/mol. The number of amides is 3. The first-order chi connectivity index (χ1) is 16.0. The molecular formula is C24H37N3O6S. The number of benzene rings is 1. The molecule has 190 valence electrons. The minimum Gasteiger partial charge on any atom is -0.466 e. The number of esters is 1. The van der Waals surface area contributed by atoms with Gasteiger partial charge in [-0.05, 0) is 51.7 Å². The van der Waals surface area contributed by atoms with Crippen LogP contribution in [0.4, 0.5) is 4.79 Å². The molecule has 0 radical (unpaired) electrons. The van der Waals surface area contributed by atoms with Gasteiger partial charge in [0.1, 0.15) is 17.7 Å². The van der Waals surface area contributed by atoms with E-state index in [9.17, 15) is 19.2 Å². The molecule has 34 heavy (non-hydrogen) atoms. The number of nitrogens with one attached hydrogen (secondary N) is 2. The molecule has 0 saturated heterocycles. The van der Waals surface area contributed by atoms with Gasteiger partial charge in [0.05, 0.1) is 13.0 Å². The van der Waals surface area contributed by atoms with Gasteiger partial charge in [-0.1, -0.05) is 30.3 Å². The summed E-state index contributed by atoms with van der Waals surface area (Å²) in [5.41, 5.74) is -0.109. The Morgan fingerprint density at radius 3 is 2.32 bits per heavy atom. The van der Waals surface area contributed by atoms with Crippen molar-refractivity contribution in [2.24, 2.45) is 0 Å². The van der Waals surface area contributed by atoms with Gasteiger partial charge in [-0.2, -0.15) is 11.8 Å². The van der Waals surface area contributed by atoms with E-state index in [1.165, 1.54) is 11.9 Å². The fourth-order valence-corrected chi connectivity index (χ4v) is 3.59. The molecule has 0 aliphatic rings. The summed E-state index contributed by atoms with van der Waals surface area (Å²) in [6.07, 6.45) is 1.60. The van der Waals surface area contributed by atoms with Crippen LogP contribution in [-0.2, 0) is 23.9 Å². The van der Waals surface area contributed by atoms with Crippen molar-refractivity contribution in [1.29, 1.82) is 0 Å². The van der Waals surface area contributed by atoms with E-state index >= 15 is 0 Å². The van der Waals surface area contributed by atoms with E-state index in [4.69, 9.17) is 9.47 Å². The first kappa shape index (κ1) is 29.3. The maximum absolute atomic E-state index is 13.4. The van der Waals surface area contributed by atoms with E-state index in [0.717, 1.165) is 0 Å². The van der Waals surface area contributed by atoms with Gasteiger partial charge >= 0.3 is 12.1 Å². The van der Waals surface area contributed by atoms with Crippen LogP contribution < -0.4 is 10.6 Å². The number of nitrogens with zero attached hydrogens (tertiary/aromatic N) is 1. The van der Waals surface area contributed by atoms with E-state index in [-0.39, 0.29) is 19.6 Å². The molecule has 0 saturated carbocycles. The van der Waals surface area contributed by atoms with E-state index < -0.39 is 41.6 Å². The van der Waals surface area contributed by atoms with Crippen molar-refractivity contribution < 1.29 is 28.7 Å². The quantitative estimate of drug-likeness (QED) is 0.429. The van der Waals surface area contributed by atoms with E-state index in [1.54, 1.807) is 63.7 Å². The summed E-state index contributed by atoms with van der Waals surface area (Å²) in [6, 6.07) is 7.04. The van der Waals surface area contributed by atoms with Crippen LogP contribution in [0.3, 0.4) is 0 Å². The number of ether oxygens (including phenoxy) is 2. The van der Waals surface area contributed by atoms with Crippen LogP contribution >= 0.6 is 11.8 Å². The van der Waals surface area contributed by atoms with E-state index in [2.05, 4.69) is 10.6 Å². The Balaban J connectivity index is 3.06. The number of carbonyl (C=O) groups is 4. The molecule has 0 aromatic heterocycles. The molecule has 0 bridgehead atoms. The number of alkyl carbamates (subject to hydrolysis) is 1. The average molecular weight is 496 g/mol. The van der Waals surface area contributed by atoms with Gasteiger partial charge in [0.15, 0.2) is 0 Å². The standard InChI is InChI=1S/C24H37N3O6S/c1-7-32-19(28)13-15-25-21(29)20(17-11-9-8-10-12-17)27(5)22(30)18(14-16-34-6)26-23(31)33-24(2,3)4/h8-12,18,20H,7,13-16H2,1-6H3,(H,25,29)(H,26,31). The molecule has 1 aromatic carbocycles. The second-order valence-corrected chi connectivity index (χ2v) is 9.57. The molecule has 1 rings (SSSR count). The van der Waals surface area contributed by atoms with Crippen molar-refractivity contribution in [3.8, 4) is 0 Å². The SMILES string of the molecule is CCOC(=O)CCNC(=O)C(c1ccccc1)N(C)C(=O)C(CCSC)NC(=O)OC(C)(C)C. The van der Waals surface area contributed by atoms with Crippen LogP contribution in [0.5, 0.6) is 0 Å². The van der Waals surface area contributed by atoms with Crippen molar-refractivity contribution >= 4 is 35.6 Å². The lowest BCUT2D eigenvalue weighted by Crippen LogP contribution is -2.52. The third-order valence-corrected chi connectivity index (χ3v) is 5.28. The van der Waals surface area contributed by atoms with Gasteiger partial charge in [0, 0.05) is 13.6 Å². The molecular weight excluding hydrogens is 458 g/mol. The summed E-state index contributed by atoms with van der Waals surface area (Å²) in [4.78, 5) is 51.8. The molecule has 0 aliphatic heterocycles. The Bertz CT molecular complexity index is 813. The Hall–Kier alpha value is -2.75. The van der Waals surface area contributed by atoms with Crippen LogP contribution in [0.1, 0.15) is 52.1 Å². The maximum atomic E-state index is 13.4. The van der Waals surface area contributed by atoms with Gasteiger partial charge in [-0.25, -0.2) is 4.79 Å². The Kier molecular flexibility index (Phi) is 12.5. The third-order valence-electron chi connectivity index (χ3n) is 4.63. The van der Waals surface area contributed by atoms with Gasteiger partial charge in [-0.3, -0.25) is 14.4 Å². The van der Waals surface area contributed by atoms with Crippen molar-refractivity contribution in [3.63, 3.8) is 0 Å². The Labute approximate surface area is 206 Å². The summed E-state index contributed by atoms with van der Waals surface area (Å²) in [7, 11) is 1.52. The number of likely N-dealkylation sites (N-methyl/N-ethyl adjacent to an activating group) is 1. The molecule has 2 unspecified atom stereocenters. The van der Waals surface area contributed by atoms with E-state index in [1.807, 2.05) is 12.3 Å².